The minimum atomic E-state index is -1.73. The van der Waals surface area contributed by atoms with Gasteiger partial charge in [-0.05, 0) is 79.8 Å². The number of fused-ring (bicyclic) bond motifs is 1. The number of hydrogen-bond donors (Lipinski definition) is 2. The van der Waals surface area contributed by atoms with Crippen LogP contribution in [0.15, 0.2) is 0 Å². The summed E-state index contributed by atoms with van der Waals surface area (Å²) >= 11 is 0. The van der Waals surface area contributed by atoms with Crippen molar-refractivity contribution >= 4 is 8.32 Å². The molecule has 2 aliphatic rings. The van der Waals surface area contributed by atoms with Crippen molar-refractivity contribution in [2.75, 3.05) is 6.61 Å². The van der Waals surface area contributed by atoms with Crippen molar-refractivity contribution in [3.63, 3.8) is 0 Å². The summed E-state index contributed by atoms with van der Waals surface area (Å²) in [6.45, 7) is 16.6. The van der Waals surface area contributed by atoms with E-state index in [4.69, 9.17) is 9.53 Å². The minimum absolute atomic E-state index is 0.111. The van der Waals surface area contributed by atoms with Gasteiger partial charge in [-0.25, -0.2) is 0 Å². The summed E-state index contributed by atoms with van der Waals surface area (Å²) in [5, 5.41) is 19.1. The van der Waals surface area contributed by atoms with E-state index in [1.54, 1.807) is 0 Å². The van der Waals surface area contributed by atoms with Crippen LogP contribution in [0.25, 0.3) is 0 Å². The van der Waals surface area contributed by atoms with Crippen molar-refractivity contribution in [2.24, 2.45) is 23.2 Å². The van der Waals surface area contributed by atoms with E-state index in [-0.39, 0.29) is 11.6 Å². The normalized spacial score (nSPS) is 35.2. The third-order valence-corrected chi connectivity index (χ3v) is 12.7. The number of hydrogen-bond acceptors (Lipinski definition) is 3. The number of rotatable bonds is 7. The Bertz CT molecular complexity index is 459. The van der Waals surface area contributed by atoms with Crippen LogP contribution in [-0.4, -0.2) is 37.3 Å². The lowest BCUT2D eigenvalue weighted by Gasteiger charge is -2.50. The van der Waals surface area contributed by atoms with E-state index in [1.807, 2.05) is 0 Å². The molecule has 4 heteroatoms. The Kier molecular flexibility index (Phi) is 7.08. The zero-order valence-corrected chi connectivity index (χ0v) is 19.3. The Labute approximate surface area is 163 Å². The van der Waals surface area contributed by atoms with Gasteiger partial charge in [0.2, 0.25) is 0 Å². The lowest BCUT2D eigenvalue weighted by molar-refractivity contribution is -0.0229. The molecule has 0 aromatic carbocycles. The molecule has 2 N–H and O–H groups in total. The fraction of sp³-hybridized carbons (Fsp3) is 1.00. The second-order valence-electron chi connectivity index (χ2n) is 11.0. The van der Waals surface area contributed by atoms with E-state index in [0.29, 0.717) is 23.4 Å². The van der Waals surface area contributed by atoms with Gasteiger partial charge in [0.15, 0.2) is 8.32 Å². The molecule has 0 radical (unpaired) electrons. The predicted octanol–water partition coefficient (Wildman–Crippen LogP) is 5.36. The molecule has 0 aliphatic heterocycles. The summed E-state index contributed by atoms with van der Waals surface area (Å²) in [5.41, 5.74) is 0.384. The molecule has 6 atom stereocenters. The quantitative estimate of drug-likeness (QED) is 0.581. The van der Waals surface area contributed by atoms with Crippen molar-refractivity contribution in [3.05, 3.63) is 0 Å². The Morgan fingerprint density at radius 1 is 1.15 bits per heavy atom. The number of aliphatic hydroxyl groups is 2. The van der Waals surface area contributed by atoms with Crippen molar-refractivity contribution in [2.45, 2.75) is 110 Å². The monoisotopic (exact) mass is 384 g/mol. The molecule has 2 saturated carbocycles. The first-order valence-electron chi connectivity index (χ1n) is 10.9. The molecular formula is C22H44O3Si. The van der Waals surface area contributed by atoms with E-state index >= 15 is 0 Å². The van der Waals surface area contributed by atoms with Gasteiger partial charge in [-0.3, -0.25) is 0 Å². The average Bonchev–Trinajstić information content (AvgIpc) is 2.89. The molecule has 3 nitrogen and oxygen atoms in total. The summed E-state index contributed by atoms with van der Waals surface area (Å²) in [4.78, 5) is 0. The van der Waals surface area contributed by atoms with E-state index < -0.39 is 14.4 Å². The Balaban J connectivity index is 2.07. The predicted molar refractivity (Wildman–Crippen MR) is 112 cm³/mol. The van der Waals surface area contributed by atoms with Crippen molar-refractivity contribution in [1.29, 1.82) is 0 Å². The van der Waals surface area contributed by atoms with Crippen LogP contribution in [0.4, 0.5) is 0 Å². The maximum Gasteiger partial charge on any atom is 0.192 e. The van der Waals surface area contributed by atoms with Crippen LogP contribution in [0.1, 0.15) is 79.6 Å². The second kappa shape index (κ2) is 8.22. The van der Waals surface area contributed by atoms with Gasteiger partial charge in [0, 0.05) is 6.10 Å². The van der Waals surface area contributed by atoms with Gasteiger partial charge in [0.05, 0.1) is 12.7 Å². The largest absolute Gasteiger partial charge is 0.414 e. The summed E-state index contributed by atoms with van der Waals surface area (Å²) in [5.74, 6) is 2.03. The van der Waals surface area contributed by atoms with E-state index in [0.717, 1.165) is 18.8 Å². The molecular weight excluding hydrogens is 340 g/mol. The third kappa shape index (κ3) is 4.56. The van der Waals surface area contributed by atoms with E-state index in [2.05, 4.69) is 47.7 Å². The van der Waals surface area contributed by atoms with Gasteiger partial charge >= 0.3 is 0 Å². The molecule has 2 aliphatic carbocycles. The van der Waals surface area contributed by atoms with Crippen LogP contribution in [0.2, 0.25) is 18.1 Å². The highest BCUT2D eigenvalue weighted by molar-refractivity contribution is 6.74. The van der Waals surface area contributed by atoms with Gasteiger partial charge in [-0.15, -0.1) is 0 Å². The molecule has 0 heterocycles. The maximum atomic E-state index is 9.73. The molecule has 0 aromatic heterocycles. The molecule has 0 amide bonds. The smallest absolute Gasteiger partial charge is 0.192 e. The zero-order chi connectivity index (χ0) is 19.8. The second-order valence-corrected chi connectivity index (χ2v) is 15.8. The lowest BCUT2D eigenvalue weighted by Crippen LogP contribution is -2.50. The molecule has 154 valence electrons. The van der Waals surface area contributed by atoms with Crippen LogP contribution in [-0.2, 0) is 4.43 Å². The molecule has 26 heavy (non-hydrogen) atoms. The first kappa shape index (κ1) is 22.4. The topological polar surface area (TPSA) is 49.7 Å². The molecule has 0 aromatic rings. The average molecular weight is 385 g/mol. The molecule has 2 rings (SSSR count). The van der Waals surface area contributed by atoms with Gasteiger partial charge in [-0.1, -0.05) is 41.0 Å². The van der Waals surface area contributed by atoms with Crippen LogP contribution in [0.3, 0.4) is 0 Å². The highest BCUT2D eigenvalue weighted by Gasteiger charge is 2.54. The molecule has 2 fully saturated rings. The van der Waals surface area contributed by atoms with E-state index in [1.165, 1.54) is 32.1 Å². The highest BCUT2D eigenvalue weighted by atomic mass is 28.4. The summed E-state index contributed by atoms with van der Waals surface area (Å²) in [6, 6.07) is 0. The van der Waals surface area contributed by atoms with Gasteiger partial charge in [-0.2, -0.15) is 0 Å². The van der Waals surface area contributed by atoms with Crippen LogP contribution in [0, 0.1) is 23.2 Å². The molecule has 0 unspecified atom stereocenters. The lowest BCUT2D eigenvalue weighted by atomic mass is 9.61. The standard InChI is InChI=1S/C22H44O3Si/c1-16(10-11-17(24)15-23)18-12-13-19-20(9-8-14-22(18,19)5)25-26(6,7)21(2,3)4/h16-20,23-24H,8-15H2,1-7H3/t16-,17+,18-,19+,20+,22-/m1/s1. The SMILES string of the molecule is C[C@H](CC[C@H](O)CO)[C@H]1CC[C@H]2[C@@H](O[Si](C)(C)C(C)(C)C)CCC[C@]12C. The zero-order valence-electron chi connectivity index (χ0n) is 18.3. The van der Waals surface area contributed by atoms with E-state index in [9.17, 15) is 5.11 Å². The first-order chi connectivity index (χ1) is 11.9. The molecule has 0 saturated heterocycles. The first-order valence-corrected chi connectivity index (χ1v) is 13.8. The molecule has 0 bridgehead atoms. The van der Waals surface area contributed by atoms with Crippen LogP contribution < -0.4 is 0 Å². The van der Waals surface area contributed by atoms with Crippen LogP contribution in [0.5, 0.6) is 0 Å². The fourth-order valence-electron chi connectivity index (χ4n) is 5.54. The third-order valence-electron chi connectivity index (χ3n) is 8.24. The molecule has 0 spiro atoms. The van der Waals surface area contributed by atoms with Crippen molar-refractivity contribution in [1.82, 2.24) is 0 Å². The Morgan fingerprint density at radius 3 is 2.38 bits per heavy atom. The summed E-state index contributed by atoms with van der Waals surface area (Å²) in [7, 11) is -1.73. The fourth-order valence-corrected chi connectivity index (χ4v) is 6.93. The highest BCUT2D eigenvalue weighted by Crippen LogP contribution is 2.59. The number of aliphatic hydroxyl groups excluding tert-OH is 2. The van der Waals surface area contributed by atoms with Crippen molar-refractivity contribution < 1.29 is 14.6 Å². The minimum Gasteiger partial charge on any atom is -0.414 e. The summed E-state index contributed by atoms with van der Waals surface area (Å²) in [6.07, 6.45) is 8.07. The van der Waals surface area contributed by atoms with Crippen molar-refractivity contribution in [3.8, 4) is 0 Å². The van der Waals surface area contributed by atoms with Gasteiger partial charge < -0.3 is 14.6 Å². The Morgan fingerprint density at radius 2 is 1.81 bits per heavy atom. The van der Waals surface area contributed by atoms with Gasteiger partial charge in [0.1, 0.15) is 0 Å². The van der Waals surface area contributed by atoms with Crippen LogP contribution >= 0.6 is 0 Å². The summed E-state index contributed by atoms with van der Waals surface area (Å²) < 4.78 is 6.93. The Hall–Kier alpha value is 0.0969. The van der Waals surface area contributed by atoms with Gasteiger partial charge in [0.25, 0.3) is 0 Å². The maximum absolute atomic E-state index is 9.73.